The number of piperidine rings is 1. The lowest BCUT2D eigenvalue weighted by Gasteiger charge is -2.31. The van der Waals surface area contributed by atoms with Crippen LogP contribution >= 0.6 is 11.3 Å². The number of aromatic nitrogens is 1. The lowest BCUT2D eigenvalue weighted by atomic mass is 10.0. The number of anilines is 1. The molecule has 3 amide bonds. The summed E-state index contributed by atoms with van der Waals surface area (Å²) in [5.74, 6) is -0.363. The van der Waals surface area contributed by atoms with Gasteiger partial charge in [-0.2, -0.15) is 0 Å². The summed E-state index contributed by atoms with van der Waals surface area (Å²) < 4.78 is 0. The molecule has 1 saturated heterocycles. The van der Waals surface area contributed by atoms with E-state index in [2.05, 4.69) is 25.8 Å². The summed E-state index contributed by atoms with van der Waals surface area (Å²) in [4.78, 5) is 44.2. The van der Waals surface area contributed by atoms with E-state index in [1.165, 1.54) is 11.3 Å². The number of benzene rings is 1. The van der Waals surface area contributed by atoms with E-state index < -0.39 is 0 Å². The molecule has 2 heterocycles. The van der Waals surface area contributed by atoms with Crippen LogP contribution in [-0.4, -0.2) is 59.3 Å². The number of thiazole rings is 1. The zero-order chi connectivity index (χ0) is 21.8. The zero-order valence-corrected chi connectivity index (χ0v) is 18.3. The van der Waals surface area contributed by atoms with Crippen molar-refractivity contribution in [3.05, 3.63) is 45.9 Å². The van der Waals surface area contributed by atoms with Crippen molar-refractivity contribution in [1.82, 2.24) is 20.5 Å². The molecule has 1 aromatic heterocycles. The van der Waals surface area contributed by atoms with E-state index in [0.29, 0.717) is 16.1 Å². The van der Waals surface area contributed by atoms with Crippen LogP contribution in [0, 0.1) is 6.92 Å². The highest BCUT2D eigenvalue weighted by Crippen LogP contribution is 2.22. The third kappa shape index (κ3) is 5.68. The number of para-hydroxylation sites is 1. The van der Waals surface area contributed by atoms with Gasteiger partial charge in [0, 0.05) is 25.2 Å². The third-order valence-electron chi connectivity index (χ3n) is 5.60. The Morgan fingerprint density at radius 2 is 1.71 bits per heavy atom. The second-order valence-corrected chi connectivity index (χ2v) is 8.99. The average molecular weight is 442 g/mol. The first-order valence-electron chi connectivity index (χ1n) is 10.6. The molecule has 1 aliphatic heterocycles. The lowest BCUT2D eigenvalue weighted by molar-refractivity contribution is -0.117. The molecule has 2 aliphatic rings. The number of hydrogen-bond acceptors (Lipinski definition) is 6. The maximum absolute atomic E-state index is 12.6. The number of nitrogens with zero attached hydrogens (tertiary/aromatic N) is 2. The normalized spacial score (nSPS) is 17.2. The number of hydrogen-bond donors (Lipinski definition) is 3. The Morgan fingerprint density at radius 3 is 2.39 bits per heavy atom. The summed E-state index contributed by atoms with van der Waals surface area (Å²) >= 11 is 1.35. The number of carbonyl (C=O) groups is 3. The van der Waals surface area contributed by atoms with Crippen LogP contribution in [0.3, 0.4) is 0 Å². The fourth-order valence-electron chi connectivity index (χ4n) is 3.68. The summed E-state index contributed by atoms with van der Waals surface area (Å²) in [6, 6.07) is 7.44. The molecular formula is C22H27N5O3S. The van der Waals surface area contributed by atoms with Gasteiger partial charge in [0.05, 0.1) is 29.0 Å². The van der Waals surface area contributed by atoms with Crippen LogP contribution in [0.2, 0.25) is 0 Å². The smallest absolute Gasteiger partial charge is 0.263 e. The van der Waals surface area contributed by atoms with Crippen LogP contribution in [0.1, 0.15) is 51.4 Å². The van der Waals surface area contributed by atoms with Gasteiger partial charge in [0.2, 0.25) is 5.91 Å². The van der Waals surface area contributed by atoms with Crippen molar-refractivity contribution < 1.29 is 14.4 Å². The van der Waals surface area contributed by atoms with Gasteiger partial charge in [0.25, 0.3) is 11.8 Å². The molecule has 9 heteroatoms. The molecule has 8 nitrogen and oxygen atoms in total. The van der Waals surface area contributed by atoms with Crippen molar-refractivity contribution in [2.75, 3.05) is 25.0 Å². The topological polar surface area (TPSA) is 103 Å². The molecule has 31 heavy (non-hydrogen) atoms. The third-order valence-corrected chi connectivity index (χ3v) is 6.53. The van der Waals surface area contributed by atoms with E-state index in [1.54, 1.807) is 23.7 Å². The standard InChI is InChI=1S/C22H27N5O3S/c1-14-20(31-13-23-14)22(30)25-16-8-10-27(11-9-16)12-19(28)26-18-5-3-2-4-17(18)21(29)24-15-6-7-15/h2-5,13,15-16H,6-12H2,1H3,(H,24,29)(H,25,30)(H,26,28). The molecule has 1 aliphatic carbocycles. The number of amides is 3. The molecule has 2 aromatic rings. The summed E-state index contributed by atoms with van der Waals surface area (Å²) in [5, 5.41) is 8.92. The van der Waals surface area contributed by atoms with E-state index in [1.807, 2.05) is 13.0 Å². The second-order valence-electron chi connectivity index (χ2n) is 8.13. The van der Waals surface area contributed by atoms with Gasteiger partial charge in [-0.25, -0.2) is 4.98 Å². The minimum absolute atomic E-state index is 0.0720. The zero-order valence-electron chi connectivity index (χ0n) is 17.5. The maximum Gasteiger partial charge on any atom is 0.263 e. The Labute approximate surface area is 185 Å². The Hall–Kier alpha value is -2.78. The number of nitrogens with one attached hydrogen (secondary N) is 3. The molecular weight excluding hydrogens is 414 g/mol. The number of carbonyl (C=O) groups excluding carboxylic acids is 3. The fraction of sp³-hybridized carbons (Fsp3) is 0.455. The molecule has 1 saturated carbocycles. The largest absolute Gasteiger partial charge is 0.349 e. The van der Waals surface area contributed by atoms with Crippen molar-refractivity contribution in [3.8, 4) is 0 Å². The number of aryl methyl sites for hydroxylation is 1. The SMILES string of the molecule is Cc1ncsc1C(=O)NC1CCN(CC(=O)Nc2ccccc2C(=O)NC2CC2)CC1. The van der Waals surface area contributed by atoms with E-state index >= 15 is 0 Å². The Kier molecular flexibility index (Phi) is 6.62. The van der Waals surface area contributed by atoms with Gasteiger partial charge in [-0.3, -0.25) is 19.3 Å². The second kappa shape index (κ2) is 9.57. The number of likely N-dealkylation sites (tertiary alicyclic amines) is 1. The van der Waals surface area contributed by atoms with Crippen LogP contribution in [0.15, 0.2) is 29.8 Å². The molecule has 0 spiro atoms. The monoisotopic (exact) mass is 441 g/mol. The van der Waals surface area contributed by atoms with E-state index in [9.17, 15) is 14.4 Å². The van der Waals surface area contributed by atoms with Gasteiger partial charge in [0.15, 0.2) is 0 Å². The first-order valence-corrected chi connectivity index (χ1v) is 11.5. The molecule has 4 rings (SSSR count). The minimum Gasteiger partial charge on any atom is -0.349 e. The van der Waals surface area contributed by atoms with Crippen LogP contribution in [0.25, 0.3) is 0 Å². The summed E-state index contributed by atoms with van der Waals surface area (Å²) in [6.45, 7) is 3.54. The summed E-state index contributed by atoms with van der Waals surface area (Å²) in [7, 11) is 0. The van der Waals surface area contributed by atoms with E-state index in [-0.39, 0.29) is 36.3 Å². The van der Waals surface area contributed by atoms with Crippen molar-refractivity contribution in [2.45, 2.75) is 44.7 Å². The summed E-state index contributed by atoms with van der Waals surface area (Å²) in [6.07, 6.45) is 3.61. The summed E-state index contributed by atoms with van der Waals surface area (Å²) in [5.41, 5.74) is 3.46. The van der Waals surface area contributed by atoms with Gasteiger partial charge in [-0.05, 0) is 44.7 Å². The van der Waals surface area contributed by atoms with Gasteiger partial charge in [-0.1, -0.05) is 12.1 Å². The highest BCUT2D eigenvalue weighted by Gasteiger charge is 2.26. The molecule has 0 unspecified atom stereocenters. The molecule has 1 aromatic carbocycles. The fourth-order valence-corrected chi connectivity index (χ4v) is 4.39. The van der Waals surface area contributed by atoms with Crippen LogP contribution in [0.5, 0.6) is 0 Å². The Balaban J connectivity index is 1.25. The Morgan fingerprint density at radius 1 is 1.03 bits per heavy atom. The molecule has 0 bridgehead atoms. The molecule has 3 N–H and O–H groups in total. The number of rotatable bonds is 7. The average Bonchev–Trinajstić information content (AvgIpc) is 3.46. The first kappa shape index (κ1) is 21.5. The van der Waals surface area contributed by atoms with Gasteiger partial charge >= 0.3 is 0 Å². The van der Waals surface area contributed by atoms with Crippen LogP contribution in [0.4, 0.5) is 5.69 Å². The molecule has 0 atom stereocenters. The minimum atomic E-state index is -0.147. The predicted octanol–water partition coefficient (Wildman–Crippen LogP) is 2.18. The van der Waals surface area contributed by atoms with Gasteiger partial charge in [-0.15, -0.1) is 11.3 Å². The molecule has 164 valence electrons. The van der Waals surface area contributed by atoms with Crippen molar-refractivity contribution in [2.24, 2.45) is 0 Å². The van der Waals surface area contributed by atoms with Crippen molar-refractivity contribution in [3.63, 3.8) is 0 Å². The van der Waals surface area contributed by atoms with Crippen molar-refractivity contribution in [1.29, 1.82) is 0 Å². The predicted molar refractivity (Wildman–Crippen MR) is 119 cm³/mol. The first-order chi connectivity index (χ1) is 15.0. The highest BCUT2D eigenvalue weighted by molar-refractivity contribution is 7.11. The Bertz CT molecular complexity index is 964. The highest BCUT2D eigenvalue weighted by atomic mass is 32.1. The van der Waals surface area contributed by atoms with Crippen molar-refractivity contribution >= 4 is 34.7 Å². The maximum atomic E-state index is 12.6. The quantitative estimate of drug-likeness (QED) is 0.611. The van der Waals surface area contributed by atoms with E-state index in [0.717, 1.165) is 44.5 Å². The molecule has 0 radical (unpaired) electrons. The van der Waals surface area contributed by atoms with Crippen LogP contribution in [-0.2, 0) is 4.79 Å². The lowest BCUT2D eigenvalue weighted by Crippen LogP contribution is -2.46. The van der Waals surface area contributed by atoms with Crippen LogP contribution < -0.4 is 16.0 Å². The molecule has 2 fully saturated rings. The van der Waals surface area contributed by atoms with E-state index in [4.69, 9.17) is 0 Å². The van der Waals surface area contributed by atoms with Gasteiger partial charge < -0.3 is 16.0 Å². The van der Waals surface area contributed by atoms with Gasteiger partial charge in [0.1, 0.15) is 4.88 Å².